The minimum Gasteiger partial charge on any atom is -0.355 e. The molecular formula is C20H18N4O6S2. The van der Waals surface area contributed by atoms with Gasteiger partial charge in [0.2, 0.25) is 20.7 Å². The molecule has 5 rings (SSSR count). The zero-order chi connectivity index (χ0) is 22.6. The quantitative estimate of drug-likeness (QED) is 0.386. The molecule has 32 heavy (non-hydrogen) atoms. The van der Waals surface area contributed by atoms with Crippen molar-refractivity contribution in [1.29, 1.82) is 0 Å². The summed E-state index contributed by atoms with van der Waals surface area (Å²) >= 11 is 0.985. The van der Waals surface area contributed by atoms with E-state index in [1.54, 1.807) is 11.4 Å². The Morgan fingerprint density at radius 3 is 2.12 bits per heavy atom. The Balaban J connectivity index is 1.90. The van der Waals surface area contributed by atoms with Gasteiger partial charge in [0.15, 0.2) is 5.37 Å². The van der Waals surface area contributed by atoms with Crippen molar-refractivity contribution in [1.82, 2.24) is 19.9 Å². The standard InChI is InChI=1S/C20H18N4O6S2/c25-16-12-13(17(26)15-14(16)22-6-7-23-15)19(28)24(18(12)27)20(10-3-1-5-21-9-10)32(29,30)11-4-2-8-31-11/h2,4,6-8,10,20-23H,1,3,5,9H2. The summed E-state index contributed by atoms with van der Waals surface area (Å²) in [5.74, 6) is -0.587. The van der Waals surface area contributed by atoms with E-state index in [2.05, 4.69) is 15.3 Å². The number of piperidine rings is 1. The number of hydrogen-bond donors (Lipinski definition) is 3. The first kappa shape index (κ1) is 20.8. The van der Waals surface area contributed by atoms with Crippen LogP contribution in [0, 0.1) is 5.92 Å². The third kappa shape index (κ3) is 2.90. The van der Waals surface area contributed by atoms with Crippen LogP contribution in [0.15, 0.2) is 53.3 Å². The molecule has 1 saturated heterocycles. The van der Waals surface area contributed by atoms with E-state index in [1.165, 1.54) is 18.5 Å². The molecule has 2 unspecified atom stereocenters. The maximum absolute atomic E-state index is 13.6. The van der Waals surface area contributed by atoms with Gasteiger partial charge in [0.05, 0.1) is 0 Å². The Morgan fingerprint density at radius 1 is 1.00 bits per heavy atom. The molecule has 166 valence electrons. The predicted octanol–water partition coefficient (Wildman–Crippen LogP) is 0.363. The SMILES string of the molecule is O=c1c2[nH]cc[nH]c2c(=O)c2c(=O)n(C(C3CCCNC3)S(=O)(=O)c3cccs3)c(=O)c12. The molecule has 0 spiro atoms. The number of fused-ring (bicyclic) bond motifs is 2. The van der Waals surface area contributed by atoms with Gasteiger partial charge in [-0.15, -0.1) is 11.3 Å². The maximum Gasteiger partial charge on any atom is 0.266 e. The number of aromatic amines is 2. The Morgan fingerprint density at radius 2 is 1.62 bits per heavy atom. The first-order valence-corrected chi connectivity index (χ1v) is 12.4. The number of nitrogens with one attached hydrogen (secondary N) is 3. The average Bonchev–Trinajstić information content (AvgIpc) is 3.42. The molecule has 3 N–H and O–H groups in total. The van der Waals surface area contributed by atoms with Gasteiger partial charge in [-0.25, -0.2) is 8.42 Å². The van der Waals surface area contributed by atoms with Crippen molar-refractivity contribution in [3.63, 3.8) is 0 Å². The van der Waals surface area contributed by atoms with Crippen LogP contribution in [0.2, 0.25) is 0 Å². The highest BCUT2D eigenvalue weighted by Gasteiger charge is 2.41. The number of nitrogens with zero attached hydrogens (tertiary/aromatic N) is 1. The van der Waals surface area contributed by atoms with Crippen LogP contribution in [-0.4, -0.2) is 36.0 Å². The summed E-state index contributed by atoms with van der Waals surface area (Å²) in [5, 5.41) is 2.00. The van der Waals surface area contributed by atoms with Crippen LogP contribution in [0.25, 0.3) is 21.8 Å². The molecule has 4 heterocycles. The maximum atomic E-state index is 13.6. The normalized spacial score (nSPS) is 18.3. The first-order chi connectivity index (χ1) is 15.3. The highest BCUT2D eigenvalue weighted by atomic mass is 32.2. The number of benzene rings is 1. The molecule has 10 nitrogen and oxygen atoms in total. The second-order valence-electron chi connectivity index (χ2n) is 7.73. The molecule has 0 saturated carbocycles. The topological polar surface area (TPSA) is 151 Å². The van der Waals surface area contributed by atoms with Crippen molar-refractivity contribution in [2.75, 3.05) is 13.1 Å². The molecule has 0 aliphatic carbocycles. The fraction of sp³-hybridized carbons (Fsp3) is 0.300. The van der Waals surface area contributed by atoms with E-state index in [9.17, 15) is 27.6 Å². The van der Waals surface area contributed by atoms with Crippen LogP contribution in [0.5, 0.6) is 0 Å². The Labute approximate surface area is 183 Å². The van der Waals surface area contributed by atoms with Gasteiger partial charge in [0.1, 0.15) is 26.0 Å². The third-order valence-electron chi connectivity index (χ3n) is 5.90. The van der Waals surface area contributed by atoms with E-state index in [0.29, 0.717) is 24.0 Å². The van der Waals surface area contributed by atoms with Crippen LogP contribution in [0.3, 0.4) is 0 Å². The van der Waals surface area contributed by atoms with Crippen LogP contribution in [-0.2, 0) is 9.84 Å². The first-order valence-electron chi connectivity index (χ1n) is 9.96. The molecule has 1 aromatic carbocycles. The summed E-state index contributed by atoms with van der Waals surface area (Å²) in [7, 11) is -4.15. The van der Waals surface area contributed by atoms with E-state index in [1.807, 2.05) is 0 Å². The fourth-order valence-corrected chi connectivity index (χ4v) is 7.63. The monoisotopic (exact) mass is 474 g/mol. The second-order valence-corrected chi connectivity index (χ2v) is 11.0. The molecule has 0 amide bonds. The van der Waals surface area contributed by atoms with Crippen LogP contribution in [0.4, 0.5) is 0 Å². The highest BCUT2D eigenvalue weighted by Crippen LogP contribution is 2.35. The lowest BCUT2D eigenvalue weighted by molar-refractivity contribution is 0.313. The summed E-state index contributed by atoms with van der Waals surface area (Å²) in [6, 6.07) is 2.98. The summed E-state index contributed by atoms with van der Waals surface area (Å²) < 4.78 is 27.8. The number of hydrogen-bond acceptors (Lipinski definition) is 8. The van der Waals surface area contributed by atoms with Gasteiger partial charge in [-0.05, 0) is 30.8 Å². The number of aromatic nitrogens is 3. The minimum absolute atomic E-state index is 0.0150. The smallest absolute Gasteiger partial charge is 0.266 e. The number of H-pyrrole nitrogens is 2. The lowest BCUT2D eigenvalue weighted by Gasteiger charge is -2.30. The summed E-state index contributed by atoms with van der Waals surface area (Å²) in [6.07, 6.45) is 3.89. The molecule has 12 heteroatoms. The van der Waals surface area contributed by atoms with E-state index in [-0.39, 0.29) is 21.8 Å². The Bertz CT molecular complexity index is 1580. The van der Waals surface area contributed by atoms with Gasteiger partial charge < -0.3 is 15.3 Å². The van der Waals surface area contributed by atoms with E-state index >= 15 is 0 Å². The predicted molar refractivity (Wildman–Crippen MR) is 121 cm³/mol. The Hall–Kier alpha value is -3.09. The second kappa shape index (κ2) is 7.50. The fourth-order valence-electron chi connectivity index (χ4n) is 4.47. The molecule has 0 radical (unpaired) electrons. The van der Waals surface area contributed by atoms with Crippen molar-refractivity contribution in [2.24, 2.45) is 5.92 Å². The summed E-state index contributed by atoms with van der Waals surface area (Å²) in [5.41, 5.74) is -4.03. The number of thiophene rings is 1. The van der Waals surface area contributed by atoms with Crippen molar-refractivity contribution in [3.8, 4) is 0 Å². The minimum atomic E-state index is -4.15. The molecule has 1 fully saturated rings. The molecule has 3 aromatic heterocycles. The van der Waals surface area contributed by atoms with Crippen LogP contribution < -0.4 is 27.3 Å². The number of sulfone groups is 1. The zero-order valence-corrected chi connectivity index (χ0v) is 18.2. The molecule has 0 bridgehead atoms. The lowest BCUT2D eigenvalue weighted by Crippen LogP contribution is -2.44. The average molecular weight is 475 g/mol. The van der Waals surface area contributed by atoms with Gasteiger partial charge in [0.25, 0.3) is 11.1 Å². The Kier molecular flexibility index (Phi) is 4.87. The zero-order valence-electron chi connectivity index (χ0n) is 16.6. The lowest BCUT2D eigenvalue weighted by atomic mass is 9.99. The van der Waals surface area contributed by atoms with Gasteiger partial charge in [-0.1, -0.05) is 6.07 Å². The molecular weight excluding hydrogens is 456 g/mol. The van der Waals surface area contributed by atoms with Crippen molar-refractivity contribution in [2.45, 2.75) is 22.4 Å². The third-order valence-corrected chi connectivity index (χ3v) is 9.47. The summed E-state index contributed by atoms with van der Waals surface area (Å²) in [6.45, 7) is 0.970. The largest absolute Gasteiger partial charge is 0.355 e. The molecule has 2 atom stereocenters. The van der Waals surface area contributed by atoms with Crippen molar-refractivity contribution < 1.29 is 8.42 Å². The van der Waals surface area contributed by atoms with Crippen LogP contribution >= 0.6 is 11.3 Å². The molecule has 1 aliphatic heterocycles. The molecule has 4 aromatic rings. The van der Waals surface area contributed by atoms with Crippen molar-refractivity contribution >= 4 is 43.0 Å². The summed E-state index contributed by atoms with van der Waals surface area (Å²) in [4.78, 5) is 58.0. The molecule has 1 aliphatic rings. The van der Waals surface area contributed by atoms with Gasteiger partial charge in [-0.2, -0.15) is 0 Å². The van der Waals surface area contributed by atoms with Crippen LogP contribution in [0.1, 0.15) is 18.2 Å². The van der Waals surface area contributed by atoms with Crippen molar-refractivity contribution in [3.05, 3.63) is 71.1 Å². The van der Waals surface area contributed by atoms with E-state index in [0.717, 1.165) is 11.3 Å². The highest BCUT2D eigenvalue weighted by molar-refractivity contribution is 7.93. The number of rotatable bonds is 4. The van der Waals surface area contributed by atoms with E-state index in [4.69, 9.17) is 0 Å². The van der Waals surface area contributed by atoms with Gasteiger partial charge in [0, 0.05) is 24.9 Å². The van der Waals surface area contributed by atoms with Gasteiger partial charge in [-0.3, -0.25) is 23.7 Å². The van der Waals surface area contributed by atoms with Gasteiger partial charge >= 0.3 is 0 Å². The van der Waals surface area contributed by atoms with E-state index < -0.39 is 53.9 Å².